The Morgan fingerprint density at radius 1 is 1.40 bits per heavy atom. The van der Waals surface area contributed by atoms with Crippen molar-refractivity contribution in [2.24, 2.45) is 0 Å². The first-order chi connectivity index (χ1) is 9.45. The molecule has 3 rings (SSSR count). The molecule has 3 aromatic rings. The highest BCUT2D eigenvalue weighted by molar-refractivity contribution is 7.90. The molecular formula is C12H10FN3O2S2. The molecule has 0 aliphatic rings. The van der Waals surface area contributed by atoms with Gasteiger partial charge < -0.3 is 5.73 Å². The van der Waals surface area contributed by atoms with Gasteiger partial charge in [-0.25, -0.2) is 17.8 Å². The zero-order chi connectivity index (χ0) is 14.3. The summed E-state index contributed by atoms with van der Waals surface area (Å²) in [5.41, 5.74) is 6.05. The molecule has 0 saturated heterocycles. The third-order valence-corrected chi connectivity index (χ3v) is 5.26. The predicted molar refractivity (Wildman–Crippen MR) is 74.8 cm³/mol. The Hall–Kier alpha value is -1.93. The van der Waals surface area contributed by atoms with Gasteiger partial charge >= 0.3 is 0 Å². The van der Waals surface area contributed by atoms with Crippen LogP contribution in [0.5, 0.6) is 0 Å². The number of hydrogen-bond donors (Lipinski definition) is 1. The molecule has 0 fully saturated rings. The Balaban J connectivity index is 1.99. The lowest BCUT2D eigenvalue weighted by atomic mass is 10.3. The van der Waals surface area contributed by atoms with Crippen LogP contribution in [-0.4, -0.2) is 17.8 Å². The zero-order valence-electron chi connectivity index (χ0n) is 10.2. The molecule has 5 nitrogen and oxygen atoms in total. The molecule has 2 heterocycles. The molecule has 0 aliphatic carbocycles. The van der Waals surface area contributed by atoms with E-state index in [0.717, 1.165) is 12.1 Å². The summed E-state index contributed by atoms with van der Waals surface area (Å²) >= 11 is 1.41. The topological polar surface area (TPSA) is 77.5 Å². The van der Waals surface area contributed by atoms with Crippen LogP contribution in [0.2, 0.25) is 0 Å². The minimum Gasteiger partial charge on any atom is -0.398 e. The number of halogens is 1. The lowest BCUT2D eigenvalue weighted by molar-refractivity contribution is 0.590. The van der Waals surface area contributed by atoms with Crippen LogP contribution >= 0.6 is 11.3 Å². The highest BCUT2D eigenvalue weighted by atomic mass is 32.2. The molecular weight excluding hydrogens is 301 g/mol. The SMILES string of the molecule is Nc1ccc(F)cc1S(=O)(=O)Cc1cn2ccsc2n1. The molecule has 0 saturated carbocycles. The normalized spacial score (nSPS) is 12.1. The smallest absolute Gasteiger partial charge is 0.193 e. The van der Waals surface area contributed by atoms with Gasteiger partial charge in [0.05, 0.1) is 22.0 Å². The van der Waals surface area contributed by atoms with Gasteiger partial charge in [0.1, 0.15) is 5.82 Å². The summed E-state index contributed by atoms with van der Waals surface area (Å²) < 4.78 is 39.5. The highest BCUT2D eigenvalue weighted by Gasteiger charge is 2.21. The molecule has 0 radical (unpaired) electrons. The number of anilines is 1. The number of rotatable bonds is 3. The van der Waals surface area contributed by atoms with Gasteiger partial charge in [-0.05, 0) is 18.2 Å². The quantitative estimate of drug-likeness (QED) is 0.751. The molecule has 8 heteroatoms. The van der Waals surface area contributed by atoms with Crippen molar-refractivity contribution in [2.45, 2.75) is 10.6 Å². The van der Waals surface area contributed by atoms with E-state index in [1.807, 2.05) is 5.38 Å². The Bertz CT molecular complexity index is 855. The Kier molecular flexibility index (Phi) is 2.98. The fraction of sp³-hybridized carbons (Fsp3) is 0.0833. The number of hydrogen-bond acceptors (Lipinski definition) is 5. The molecule has 0 atom stereocenters. The Labute approximate surface area is 118 Å². The number of imidazole rings is 1. The average Bonchev–Trinajstić information content (AvgIpc) is 2.92. The molecule has 0 bridgehead atoms. The number of aromatic nitrogens is 2. The van der Waals surface area contributed by atoms with E-state index < -0.39 is 15.7 Å². The minimum atomic E-state index is -3.73. The highest BCUT2D eigenvalue weighted by Crippen LogP contribution is 2.24. The van der Waals surface area contributed by atoms with Gasteiger partial charge in [-0.2, -0.15) is 0 Å². The summed E-state index contributed by atoms with van der Waals surface area (Å²) in [7, 11) is -3.73. The van der Waals surface area contributed by atoms with Crippen LogP contribution in [0.1, 0.15) is 5.69 Å². The van der Waals surface area contributed by atoms with Crippen molar-refractivity contribution in [1.29, 1.82) is 0 Å². The number of fused-ring (bicyclic) bond motifs is 1. The average molecular weight is 311 g/mol. The van der Waals surface area contributed by atoms with Crippen molar-refractivity contribution in [3.05, 3.63) is 47.5 Å². The number of benzene rings is 1. The predicted octanol–water partition coefficient (Wildman–Crippen LogP) is 2.09. The fourth-order valence-electron chi connectivity index (χ4n) is 1.90. The second kappa shape index (κ2) is 4.57. The van der Waals surface area contributed by atoms with Crippen LogP contribution in [0.3, 0.4) is 0 Å². The molecule has 0 spiro atoms. The van der Waals surface area contributed by atoms with E-state index in [1.54, 1.807) is 16.8 Å². The zero-order valence-corrected chi connectivity index (χ0v) is 11.8. The van der Waals surface area contributed by atoms with E-state index in [-0.39, 0.29) is 16.3 Å². The maximum absolute atomic E-state index is 13.2. The van der Waals surface area contributed by atoms with Gasteiger partial charge in [0.25, 0.3) is 0 Å². The minimum absolute atomic E-state index is 0.0346. The summed E-state index contributed by atoms with van der Waals surface area (Å²) in [6.07, 6.45) is 3.43. The van der Waals surface area contributed by atoms with Gasteiger partial charge in [-0.15, -0.1) is 11.3 Å². The monoisotopic (exact) mass is 311 g/mol. The lowest BCUT2D eigenvalue weighted by Gasteiger charge is -2.06. The molecule has 104 valence electrons. The van der Waals surface area contributed by atoms with E-state index in [4.69, 9.17) is 5.73 Å². The van der Waals surface area contributed by atoms with Crippen molar-refractivity contribution in [3.63, 3.8) is 0 Å². The maximum Gasteiger partial charge on any atom is 0.193 e. The second-order valence-corrected chi connectivity index (χ2v) is 7.10. The van der Waals surface area contributed by atoms with Gasteiger partial charge in [-0.3, -0.25) is 4.40 Å². The van der Waals surface area contributed by atoms with Crippen molar-refractivity contribution in [2.75, 3.05) is 5.73 Å². The van der Waals surface area contributed by atoms with Crippen LogP contribution in [0.15, 0.2) is 40.9 Å². The van der Waals surface area contributed by atoms with Crippen LogP contribution in [0.25, 0.3) is 4.96 Å². The second-order valence-electron chi connectivity index (χ2n) is 4.27. The number of nitrogen functional groups attached to an aromatic ring is 1. The van der Waals surface area contributed by atoms with Gasteiger partial charge in [0, 0.05) is 17.8 Å². The summed E-state index contributed by atoms with van der Waals surface area (Å²) in [5, 5.41) is 1.85. The van der Waals surface area contributed by atoms with Crippen molar-refractivity contribution in [1.82, 2.24) is 9.38 Å². The van der Waals surface area contributed by atoms with E-state index >= 15 is 0 Å². The summed E-state index contributed by atoms with van der Waals surface area (Å²) in [6, 6.07) is 3.30. The maximum atomic E-state index is 13.2. The van der Waals surface area contributed by atoms with E-state index in [0.29, 0.717) is 10.7 Å². The van der Waals surface area contributed by atoms with Gasteiger partial charge in [-0.1, -0.05) is 0 Å². The Morgan fingerprint density at radius 2 is 2.20 bits per heavy atom. The molecule has 0 amide bonds. The summed E-state index contributed by atoms with van der Waals surface area (Å²) in [5.74, 6) is -0.946. The molecule has 2 N–H and O–H groups in total. The molecule has 0 unspecified atom stereocenters. The van der Waals surface area contributed by atoms with E-state index in [9.17, 15) is 12.8 Å². The van der Waals surface area contributed by atoms with Crippen LogP contribution < -0.4 is 5.73 Å². The van der Waals surface area contributed by atoms with Crippen LogP contribution in [0, 0.1) is 5.82 Å². The standard InChI is InChI=1S/C12H10FN3O2S2/c13-8-1-2-10(14)11(5-8)20(17,18)7-9-6-16-3-4-19-12(16)15-9/h1-6H,7,14H2. The molecule has 1 aromatic carbocycles. The van der Waals surface area contributed by atoms with Crippen LogP contribution in [-0.2, 0) is 15.6 Å². The van der Waals surface area contributed by atoms with Gasteiger partial charge in [0.2, 0.25) is 0 Å². The van der Waals surface area contributed by atoms with Crippen molar-refractivity contribution < 1.29 is 12.8 Å². The van der Waals surface area contributed by atoms with Gasteiger partial charge in [0.15, 0.2) is 14.8 Å². The first kappa shape index (κ1) is 13.1. The first-order valence-electron chi connectivity index (χ1n) is 5.64. The van der Waals surface area contributed by atoms with Crippen molar-refractivity contribution in [3.8, 4) is 0 Å². The largest absolute Gasteiger partial charge is 0.398 e. The molecule has 0 aliphatic heterocycles. The fourth-order valence-corrected chi connectivity index (χ4v) is 4.02. The number of thiazole rings is 1. The summed E-state index contributed by atoms with van der Waals surface area (Å²) in [6.45, 7) is 0. The Morgan fingerprint density at radius 3 is 2.95 bits per heavy atom. The van der Waals surface area contributed by atoms with Crippen molar-refractivity contribution >= 4 is 31.8 Å². The number of nitrogens with zero attached hydrogens (tertiary/aromatic N) is 2. The third-order valence-electron chi connectivity index (χ3n) is 2.79. The lowest BCUT2D eigenvalue weighted by Crippen LogP contribution is -2.08. The van der Waals surface area contributed by atoms with Crippen LogP contribution in [0.4, 0.5) is 10.1 Å². The first-order valence-corrected chi connectivity index (χ1v) is 8.18. The molecule has 2 aromatic heterocycles. The molecule has 20 heavy (non-hydrogen) atoms. The third kappa shape index (κ3) is 2.27. The van der Waals surface area contributed by atoms with E-state index in [2.05, 4.69) is 4.98 Å². The number of nitrogens with two attached hydrogens (primary N) is 1. The van der Waals surface area contributed by atoms with E-state index in [1.165, 1.54) is 17.4 Å². The number of sulfone groups is 1. The summed E-state index contributed by atoms with van der Waals surface area (Å²) in [4.78, 5) is 4.71.